The first-order valence-electron chi connectivity index (χ1n) is 12.7. The van der Waals surface area contributed by atoms with E-state index in [1.165, 1.54) is 11.1 Å². The Morgan fingerprint density at radius 3 is 2.53 bits per heavy atom. The third kappa shape index (κ3) is 4.15. The second-order valence-corrected chi connectivity index (χ2v) is 13.7. The summed E-state index contributed by atoms with van der Waals surface area (Å²) in [4.78, 5) is 0. The summed E-state index contributed by atoms with van der Waals surface area (Å²) < 4.78 is 0. The number of fused-ring (bicyclic) bond motifs is 5. The lowest BCUT2D eigenvalue weighted by Gasteiger charge is -2.56. The number of allylic oxidation sites excluding steroid dienone is 3. The molecule has 32 heavy (non-hydrogen) atoms. The minimum Gasteiger partial charge on any atom is -0.393 e. The lowest BCUT2D eigenvalue weighted by Crippen LogP contribution is -2.52. The van der Waals surface area contributed by atoms with Crippen molar-refractivity contribution in [3.8, 4) is 0 Å². The molecule has 0 aromatic rings. The molecule has 0 unspecified atom stereocenters. The number of aliphatic hydroxyl groups excluding tert-OH is 3. The van der Waals surface area contributed by atoms with Gasteiger partial charge in [-0.15, -0.1) is 0 Å². The van der Waals surface area contributed by atoms with Gasteiger partial charge in [0.15, 0.2) is 0 Å². The molecule has 0 aromatic carbocycles. The molecule has 0 radical (unpaired) electrons. The lowest BCUT2D eigenvalue weighted by atomic mass is 9.49. The van der Waals surface area contributed by atoms with Crippen LogP contribution in [-0.2, 0) is 0 Å². The van der Waals surface area contributed by atoms with Crippen molar-refractivity contribution in [3.63, 3.8) is 0 Å². The Labute approximate surface area is 198 Å². The molecule has 4 nitrogen and oxygen atoms in total. The van der Waals surface area contributed by atoms with E-state index in [1.807, 2.05) is 25.6 Å². The van der Waals surface area contributed by atoms with E-state index in [1.54, 1.807) is 0 Å². The average molecular weight is 465 g/mol. The van der Waals surface area contributed by atoms with Crippen LogP contribution in [0.2, 0.25) is 0 Å². The number of hydrogen-bond acceptors (Lipinski definition) is 5. The van der Waals surface area contributed by atoms with E-state index >= 15 is 0 Å². The molecule has 0 aromatic heterocycles. The number of rotatable bonds is 6. The smallest absolute Gasteiger partial charge is 0.0661 e. The molecule has 3 saturated carbocycles. The maximum absolute atomic E-state index is 11.2. The van der Waals surface area contributed by atoms with Crippen LogP contribution in [-0.4, -0.2) is 55.3 Å². The maximum atomic E-state index is 11.2. The zero-order valence-corrected chi connectivity index (χ0v) is 21.4. The van der Waals surface area contributed by atoms with Crippen molar-refractivity contribution in [2.75, 3.05) is 5.75 Å². The molecule has 0 saturated heterocycles. The molecule has 5 heteroatoms. The summed E-state index contributed by atoms with van der Waals surface area (Å²) in [7, 11) is 0. The van der Waals surface area contributed by atoms with Gasteiger partial charge in [0, 0.05) is 23.0 Å². The van der Waals surface area contributed by atoms with Crippen molar-refractivity contribution >= 4 is 11.8 Å². The van der Waals surface area contributed by atoms with Crippen LogP contribution < -0.4 is 0 Å². The highest BCUT2D eigenvalue weighted by atomic mass is 32.2. The maximum Gasteiger partial charge on any atom is 0.0661 e. The highest BCUT2D eigenvalue weighted by molar-refractivity contribution is 7.99. The van der Waals surface area contributed by atoms with E-state index in [4.69, 9.17) is 0 Å². The fourth-order valence-electron chi connectivity index (χ4n) is 7.83. The molecule has 4 rings (SSSR count). The number of hydrogen-bond donors (Lipinski definition) is 4. The van der Waals surface area contributed by atoms with Gasteiger partial charge in [0.2, 0.25) is 0 Å². The lowest BCUT2D eigenvalue weighted by molar-refractivity contribution is -0.0534. The quantitative estimate of drug-likeness (QED) is 0.436. The molecule has 0 aliphatic heterocycles. The van der Waals surface area contributed by atoms with Crippen molar-refractivity contribution in [2.45, 2.75) is 109 Å². The van der Waals surface area contributed by atoms with Crippen LogP contribution in [0.1, 0.15) is 79.6 Å². The van der Waals surface area contributed by atoms with E-state index < -0.39 is 17.8 Å². The Hall–Kier alpha value is -0.330. The largest absolute Gasteiger partial charge is 0.393 e. The molecule has 4 N–H and O–H groups in total. The van der Waals surface area contributed by atoms with Crippen LogP contribution in [0.4, 0.5) is 0 Å². The van der Waals surface area contributed by atoms with E-state index in [2.05, 4.69) is 32.9 Å². The van der Waals surface area contributed by atoms with Crippen molar-refractivity contribution in [3.05, 3.63) is 23.3 Å². The molecule has 182 valence electrons. The van der Waals surface area contributed by atoms with Gasteiger partial charge in [-0.25, -0.2) is 0 Å². The van der Waals surface area contributed by atoms with Gasteiger partial charge in [0.25, 0.3) is 0 Å². The molecular weight excluding hydrogens is 420 g/mol. The molecular formula is C27H44O4S. The summed E-state index contributed by atoms with van der Waals surface area (Å²) in [6, 6.07) is 0. The highest BCUT2D eigenvalue weighted by Crippen LogP contribution is 2.66. The number of aliphatic hydroxyl groups is 4. The molecule has 0 amide bonds. The number of thioether (sulfide) groups is 1. The van der Waals surface area contributed by atoms with Gasteiger partial charge in [-0.3, -0.25) is 0 Å². The van der Waals surface area contributed by atoms with Crippen molar-refractivity contribution < 1.29 is 20.4 Å². The SMILES string of the molecule is C[C@@H](SCCCC(C)(C)O)[C@H]1[C@@H](O)C[C@H]2C3=CC=C4C[C@@H](O)C[C@H](O)[C@]4(C)[C@H]3CC[C@]12C. The minimum absolute atomic E-state index is 0.0747. The molecule has 3 fully saturated rings. The predicted molar refractivity (Wildman–Crippen MR) is 131 cm³/mol. The summed E-state index contributed by atoms with van der Waals surface area (Å²) in [5.41, 5.74) is 1.81. The predicted octanol–water partition coefficient (Wildman–Crippen LogP) is 4.46. The van der Waals surface area contributed by atoms with Crippen LogP contribution in [0.25, 0.3) is 0 Å². The zero-order chi connectivity index (χ0) is 23.5. The fraction of sp³-hybridized carbons (Fsp3) is 0.852. The first-order chi connectivity index (χ1) is 14.9. The van der Waals surface area contributed by atoms with Gasteiger partial charge >= 0.3 is 0 Å². The Morgan fingerprint density at radius 2 is 1.84 bits per heavy atom. The average Bonchev–Trinajstić information content (AvgIpc) is 2.96. The van der Waals surface area contributed by atoms with Gasteiger partial charge in [-0.1, -0.05) is 44.1 Å². The van der Waals surface area contributed by atoms with Gasteiger partial charge in [-0.2, -0.15) is 11.8 Å². The summed E-state index contributed by atoms with van der Waals surface area (Å²) in [6.45, 7) is 10.6. The van der Waals surface area contributed by atoms with Crippen molar-refractivity contribution in [2.24, 2.45) is 28.6 Å². The van der Waals surface area contributed by atoms with Crippen LogP contribution in [0.15, 0.2) is 23.3 Å². The van der Waals surface area contributed by atoms with Crippen LogP contribution in [0.5, 0.6) is 0 Å². The monoisotopic (exact) mass is 464 g/mol. The molecule has 0 spiro atoms. The topological polar surface area (TPSA) is 80.9 Å². The Morgan fingerprint density at radius 1 is 1.12 bits per heavy atom. The van der Waals surface area contributed by atoms with Gasteiger partial charge in [0.05, 0.1) is 23.9 Å². The Kier molecular flexibility index (Phi) is 6.75. The summed E-state index contributed by atoms with van der Waals surface area (Å²) in [5.74, 6) is 1.94. The molecule has 4 aliphatic carbocycles. The van der Waals surface area contributed by atoms with E-state index in [9.17, 15) is 20.4 Å². The van der Waals surface area contributed by atoms with Crippen molar-refractivity contribution in [1.82, 2.24) is 0 Å². The van der Waals surface area contributed by atoms with Gasteiger partial charge < -0.3 is 20.4 Å². The van der Waals surface area contributed by atoms with Gasteiger partial charge in [-0.05, 0) is 75.4 Å². The van der Waals surface area contributed by atoms with E-state index in [0.29, 0.717) is 29.9 Å². The Bertz CT molecular complexity index is 770. The van der Waals surface area contributed by atoms with Crippen LogP contribution in [0, 0.1) is 28.6 Å². The van der Waals surface area contributed by atoms with E-state index in [0.717, 1.165) is 37.9 Å². The molecule has 4 aliphatic rings. The fourth-order valence-corrected chi connectivity index (χ4v) is 9.21. The Balaban J connectivity index is 1.52. The van der Waals surface area contributed by atoms with Gasteiger partial charge in [0.1, 0.15) is 0 Å². The standard InChI is InChI=1S/C27H44O4S/c1-16(32-12-6-10-25(2,3)31)24-22(29)15-21-19-8-7-17-13-18(28)14-23(30)27(17,5)20(19)9-11-26(21,24)4/h7-8,16,18,20-24,28-31H,6,9-15H2,1-5H3/t16-,18-,20+,21+,22+,23+,24+,26+,27+/m1/s1. The second kappa shape index (κ2) is 8.71. The third-order valence-electron chi connectivity index (χ3n) is 9.58. The summed E-state index contributed by atoms with van der Waals surface area (Å²) >= 11 is 1.95. The first kappa shape index (κ1) is 24.8. The summed E-state index contributed by atoms with van der Waals surface area (Å²) in [6.07, 6.45) is 9.07. The zero-order valence-electron chi connectivity index (χ0n) is 20.6. The van der Waals surface area contributed by atoms with Crippen LogP contribution >= 0.6 is 11.8 Å². The van der Waals surface area contributed by atoms with Crippen molar-refractivity contribution in [1.29, 1.82) is 0 Å². The normalized spacial score (nSPS) is 44.8. The highest BCUT2D eigenvalue weighted by Gasteiger charge is 2.61. The van der Waals surface area contributed by atoms with Crippen LogP contribution in [0.3, 0.4) is 0 Å². The third-order valence-corrected chi connectivity index (χ3v) is 10.9. The first-order valence-corrected chi connectivity index (χ1v) is 13.7. The molecule has 0 heterocycles. The molecule has 9 atom stereocenters. The van der Waals surface area contributed by atoms with E-state index in [-0.39, 0.29) is 22.9 Å². The summed E-state index contributed by atoms with van der Waals surface area (Å²) in [5, 5.41) is 42.9. The minimum atomic E-state index is -0.609. The second-order valence-electron chi connectivity index (χ2n) is 12.2. The molecule has 0 bridgehead atoms.